The van der Waals surface area contributed by atoms with E-state index >= 15 is 0 Å². The number of aliphatic hydroxyl groups excluding tert-OH is 1. The molecule has 284 valence electrons. The molecule has 7 nitrogen and oxygen atoms in total. The van der Waals surface area contributed by atoms with Crippen molar-refractivity contribution in [3.8, 4) is 0 Å². The molecule has 1 N–H and O–H groups in total. The van der Waals surface area contributed by atoms with Gasteiger partial charge in [-0.1, -0.05) is 116 Å². The van der Waals surface area contributed by atoms with Gasteiger partial charge in [0, 0.05) is 38.5 Å². The van der Waals surface area contributed by atoms with Gasteiger partial charge in [0.1, 0.15) is 6.61 Å². The van der Waals surface area contributed by atoms with Gasteiger partial charge >= 0.3 is 11.9 Å². The predicted octanol–water partition coefficient (Wildman–Crippen LogP) is 10.2. The highest BCUT2D eigenvalue weighted by Crippen LogP contribution is 2.22. The van der Waals surface area contributed by atoms with Crippen LogP contribution >= 0.6 is 0 Å². The molecule has 0 radical (unpaired) electrons. The summed E-state index contributed by atoms with van der Waals surface area (Å²) >= 11 is 0. The van der Waals surface area contributed by atoms with Crippen LogP contribution in [0.5, 0.6) is 0 Å². The second-order valence-electron chi connectivity index (χ2n) is 14.2. The van der Waals surface area contributed by atoms with Crippen LogP contribution in [-0.4, -0.2) is 79.0 Å². The zero-order chi connectivity index (χ0) is 35.5. The molecule has 1 unspecified atom stereocenters. The molecule has 0 aromatic rings. The molecule has 0 aromatic carbocycles. The molecule has 0 rings (SSSR count). The number of hydrogen-bond acceptors (Lipinski definition) is 7. The minimum absolute atomic E-state index is 0.0623. The summed E-state index contributed by atoms with van der Waals surface area (Å²) in [5.41, 5.74) is 0. The monoisotopic (exact) mass is 681 g/mol. The molecule has 48 heavy (non-hydrogen) atoms. The van der Waals surface area contributed by atoms with Crippen molar-refractivity contribution in [1.82, 2.24) is 9.80 Å². The second kappa shape index (κ2) is 35.4. The van der Waals surface area contributed by atoms with E-state index in [2.05, 4.69) is 44.7 Å². The summed E-state index contributed by atoms with van der Waals surface area (Å²) in [7, 11) is 0. The van der Waals surface area contributed by atoms with E-state index in [1.807, 2.05) is 11.8 Å². The number of nitrogens with zero attached hydrogens (tertiary/aromatic N) is 2. The maximum absolute atomic E-state index is 12.8. The summed E-state index contributed by atoms with van der Waals surface area (Å²) in [4.78, 5) is 29.4. The molecule has 0 aliphatic rings. The van der Waals surface area contributed by atoms with Crippen LogP contribution < -0.4 is 0 Å². The van der Waals surface area contributed by atoms with E-state index in [1.54, 1.807) is 0 Å². The van der Waals surface area contributed by atoms with Gasteiger partial charge < -0.3 is 14.6 Å². The van der Waals surface area contributed by atoms with Crippen LogP contribution in [-0.2, 0) is 19.1 Å². The molecule has 0 aliphatic carbocycles. The molecule has 0 aromatic heterocycles. The molecule has 0 saturated carbocycles. The quantitative estimate of drug-likeness (QED) is 0.0305. The summed E-state index contributed by atoms with van der Waals surface area (Å²) in [6.45, 7) is 14.9. The summed E-state index contributed by atoms with van der Waals surface area (Å²) in [6.07, 6.45) is 30.7. The van der Waals surface area contributed by atoms with Gasteiger partial charge in [-0.25, -0.2) is 0 Å². The van der Waals surface area contributed by atoms with Crippen LogP contribution in [0.4, 0.5) is 0 Å². The SMILES string of the molecule is CCCCCCCC/C=C\CCCCCCCCOC(=O)CCCC(CCCCCC)CC(=O)OCCN(CCN(CC)CO)C(C)C. The third kappa shape index (κ3) is 30.6. The number of likely N-dealkylation sites (N-methyl/N-ethyl adjacent to an activating group) is 1. The van der Waals surface area contributed by atoms with E-state index in [0.29, 0.717) is 38.6 Å². The predicted molar refractivity (Wildman–Crippen MR) is 203 cm³/mol. The average Bonchev–Trinajstić information content (AvgIpc) is 3.07. The van der Waals surface area contributed by atoms with Crippen molar-refractivity contribution in [3.63, 3.8) is 0 Å². The Morgan fingerprint density at radius 1 is 0.625 bits per heavy atom. The van der Waals surface area contributed by atoms with Crippen molar-refractivity contribution in [2.75, 3.05) is 46.1 Å². The van der Waals surface area contributed by atoms with Gasteiger partial charge in [-0.05, 0) is 77.7 Å². The zero-order valence-corrected chi connectivity index (χ0v) is 32.5. The standard InChI is InChI=1S/C41H80N2O5/c1-6-9-11-13-14-15-16-17-18-19-20-21-22-23-24-26-34-47-40(45)30-27-29-39(28-25-12-10-7-2)36-41(46)48-35-33-43(38(4)5)32-31-42(8-3)37-44/h17-18,38-39,44H,6-16,19-37H2,1-5H3/b18-17-. The fraction of sp³-hybridized carbons (Fsp3) is 0.902. The van der Waals surface area contributed by atoms with Gasteiger partial charge in [-0.3, -0.25) is 19.4 Å². The van der Waals surface area contributed by atoms with Crippen molar-refractivity contribution < 1.29 is 24.2 Å². The highest BCUT2D eigenvalue weighted by Gasteiger charge is 2.17. The van der Waals surface area contributed by atoms with Crippen LogP contribution in [0.25, 0.3) is 0 Å². The van der Waals surface area contributed by atoms with Gasteiger partial charge in [-0.2, -0.15) is 0 Å². The lowest BCUT2D eigenvalue weighted by atomic mass is 9.92. The van der Waals surface area contributed by atoms with Crippen molar-refractivity contribution in [1.29, 1.82) is 0 Å². The lowest BCUT2D eigenvalue weighted by molar-refractivity contribution is -0.145. The first-order chi connectivity index (χ1) is 23.4. The molecule has 0 spiro atoms. The fourth-order valence-electron chi connectivity index (χ4n) is 6.15. The third-order valence-electron chi connectivity index (χ3n) is 9.56. The second-order valence-corrected chi connectivity index (χ2v) is 14.2. The van der Waals surface area contributed by atoms with Crippen LogP contribution in [0.1, 0.15) is 182 Å². The largest absolute Gasteiger partial charge is 0.466 e. The Morgan fingerprint density at radius 3 is 1.75 bits per heavy atom. The first-order valence-corrected chi connectivity index (χ1v) is 20.4. The number of esters is 2. The Hall–Kier alpha value is -1.44. The van der Waals surface area contributed by atoms with Gasteiger partial charge in [-0.15, -0.1) is 0 Å². The number of hydrogen-bond donors (Lipinski definition) is 1. The molecule has 1 atom stereocenters. The molecule has 7 heteroatoms. The van der Waals surface area contributed by atoms with Crippen LogP contribution in [0.2, 0.25) is 0 Å². The summed E-state index contributed by atoms with van der Waals surface area (Å²) in [5.74, 6) is 0.0146. The fourth-order valence-corrected chi connectivity index (χ4v) is 6.15. The maximum Gasteiger partial charge on any atom is 0.306 e. The molecule has 0 amide bonds. The van der Waals surface area contributed by atoms with Crippen LogP contribution in [0, 0.1) is 5.92 Å². The minimum atomic E-state index is -0.132. The molecule has 0 bridgehead atoms. The van der Waals surface area contributed by atoms with Crippen molar-refractivity contribution >= 4 is 11.9 Å². The van der Waals surface area contributed by atoms with E-state index in [9.17, 15) is 14.7 Å². The number of ether oxygens (including phenoxy) is 2. The third-order valence-corrected chi connectivity index (χ3v) is 9.56. The topological polar surface area (TPSA) is 79.3 Å². The van der Waals surface area contributed by atoms with Gasteiger partial charge in [0.15, 0.2) is 0 Å². The Balaban J connectivity index is 4.11. The lowest BCUT2D eigenvalue weighted by Crippen LogP contribution is -2.41. The number of carbonyl (C=O) groups excluding carboxylic acids is 2. The van der Waals surface area contributed by atoms with E-state index < -0.39 is 0 Å². The molecular formula is C41H80N2O5. The summed E-state index contributed by atoms with van der Waals surface area (Å²) in [5, 5.41) is 9.44. The van der Waals surface area contributed by atoms with Crippen molar-refractivity contribution in [2.24, 2.45) is 5.92 Å². The van der Waals surface area contributed by atoms with Gasteiger partial charge in [0.2, 0.25) is 0 Å². The molecule has 0 aliphatic heterocycles. The summed E-state index contributed by atoms with van der Waals surface area (Å²) in [6, 6.07) is 0.342. The first-order valence-electron chi connectivity index (χ1n) is 20.4. The lowest BCUT2D eigenvalue weighted by Gasteiger charge is -2.29. The average molecular weight is 681 g/mol. The minimum Gasteiger partial charge on any atom is -0.466 e. The number of aliphatic hydroxyl groups is 1. The Bertz CT molecular complexity index is 740. The number of rotatable bonds is 36. The number of carbonyl (C=O) groups is 2. The number of unbranched alkanes of at least 4 members (excludes halogenated alkanes) is 15. The van der Waals surface area contributed by atoms with Crippen LogP contribution in [0.15, 0.2) is 12.2 Å². The van der Waals surface area contributed by atoms with E-state index in [4.69, 9.17) is 9.47 Å². The molecule has 0 heterocycles. The highest BCUT2D eigenvalue weighted by molar-refractivity contribution is 5.70. The number of allylic oxidation sites excluding steroid dienone is 2. The molecule has 0 saturated heterocycles. The van der Waals surface area contributed by atoms with Crippen LogP contribution in [0.3, 0.4) is 0 Å². The zero-order valence-electron chi connectivity index (χ0n) is 32.5. The molecule has 0 fully saturated rings. The Labute approximate surface area is 298 Å². The first kappa shape index (κ1) is 46.6. The van der Waals surface area contributed by atoms with Gasteiger partial charge in [0.25, 0.3) is 0 Å². The summed E-state index contributed by atoms with van der Waals surface area (Å²) < 4.78 is 11.2. The van der Waals surface area contributed by atoms with Gasteiger partial charge in [0.05, 0.1) is 13.3 Å². The van der Waals surface area contributed by atoms with E-state index in [0.717, 1.165) is 58.2 Å². The Kier molecular flexibility index (Phi) is 34.3. The highest BCUT2D eigenvalue weighted by atomic mass is 16.5. The van der Waals surface area contributed by atoms with E-state index in [-0.39, 0.29) is 24.6 Å². The maximum atomic E-state index is 12.8. The van der Waals surface area contributed by atoms with E-state index in [1.165, 1.54) is 96.3 Å². The van der Waals surface area contributed by atoms with Crippen molar-refractivity contribution in [3.05, 3.63) is 12.2 Å². The smallest absolute Gasteiger partial charge is 0.306 e. The normalized spacial score (nSPS) is 12.5. The Morgan fingerprint density at radius 2 is 1.17 bits per heavy atom. The van der Waals surface area contributed by atoms with Crippen molar-refractivity contribution in [2.45, 2.75) is 188 Å². The molecular weight excluding hydrogens is 600 g/mol.